The van der Waals surface area contributed by atoms with E-state index in [2.05, 4.69) is 32.3 Å². The highest BCUT2D eigenvalue weighted by molar-refractivity contribution is 9.10. The highest BCUT2D eigenvalue weighted by Crippen LogP contribution is 2.20. The summed E-state index contributed by atoms with van der Waals surface area (Å²) < 4.78 is 6.50. The molecule has 0 fully saturated rings. The fourth-order valence-electron chi connectivity index (χ4n) is 1.48. The van der Waals surface area contributed by atoms with Gasteiger partial charge < -0.3 is 9.84 Å². The number of nitrogens with zero attached hydrogens (tertiary/aromatic N) is 1. The molecule has 5 heteroatoms. The molecule has 1 N–H and O–H groups in total. The zero-order valence-corrected chi connectivity index (χ0v) is 12.9. The van der Waals surface area contributed by atoms with E-state index in [0.29, 0.717) is 13.2 Å². The van der Waals surface area contributed by atoms with Crippen molar-refractivity contribution in [1.82, 2.24) is 4.90 Å². The minimum absolute atomic E-state index is 0.170. The first-order chi connectivity index (χ1) is 7.97. The molecule has 0 aliphatic rings. The van der Waals surface area contributed by atoms with Crippen LogP contribution in [0.3, 0.4) is 0 Å². The largest absolute Gasteiger partial charge is 0.389 e. The maximum Gasteiger partial charge on any atom is 0.0900 e. The van der Waals surface area contributed by atoms with Crippen molar-refractivity contribution in [2.75, 3.05) is 20.2 Å². The lowest BCUT2D eigenvalue weighted by Gasteiger charge is -2.20. The van der Waals surface area contributed by atoms with Crippen molar-refractivity contribution in [3.8, 4) is 0 Å². The smallest absolute Gasteiger partial charge is 0.0900 e. The molecule has 0 aliphatic carbocycles. The summed E-state index contributed by atoms with van der Waals surface area (Å²) in [7, 11) is 2.01. The molecule has 1 atom stereocenters. The Morgan fingerprint density at radius 3 is 2.76 bits per heavy atom. The first kappa shape index (κ1) is 15.1. The summed E-state index contributed by atoms with van der Waals surface area (Å²) >= 11 is 5.16. The molecule has 0 aromatic carbocycles. The third kappa shape index (κ3) is 6.52. The molecule has 0 radical (unpaired) electrons. The van der Waals surface area contributed by atoms with Gasteiger partial charge in [-0.2, -0.15) is 0 Å². The number of hydrogen-bond donors (Lipinski definition) is 1. The van der Waals surface area contributed by atoms with Gasteiger partial charge in [-0.15, -0.1) is 11.3 Å². The Kier molecular flexibility index (Phi) is 6.66. The third-order valence-corrected chi connectivity index (χ3v) is 3.87. The monoisotopic (exact) mass is 321 g/mol. The minimum atomic E-state index is -0.425. The second kappa shape index (κ2) is 7.48. The van der Waals surface area contributed by atoms with Gasteiger partial charge in [0, 0.05) is 27.8 Å². The van der Waals surface area contributed by atoms with Gasteiger partial charge in [-0.1, -0.05) is 0 Å². The van der Waals surface area contributed by atoms with Crippen molar-refractivity contribution in [3.05, 3.63) is 20.8 Å². The van der Waals surface area contributed by atoms with Gasteiger partial charge in [-0.3, -0.25) is 4.90 Å². The van der Waals surface area contributed by atoms with Crippen molar-refractivity contribution >= 4 is 27.3 Å². The molecule has 3 nitrogen and oxygen atoms in total. The predicted octanol–water partition coefficient (Wildman–Crippen LogP) is 2.73. The van der Waals surface area contributed by atoms with Crippen LogP contribution < -0.4 is 0 Å². The van der Waals surface area contributed by atoms with E-state index in [1.54, 1.807) is 11.3 Å². The summed E-state index contributed by atoms with van der Waals surface area (Å²) in [5.74, 6) is 0. The second-order valence-corrected chi connectivity index (χ2v) is 6.38. The molecule has 0 aliphatic heterocycles. The lowest BCUT2D eigenvalue weighted by molar-refractivity contribution is -0.00625. The standard InChI is InChI=1S/C12H20BrNO2S/c1-9(2)16-7-11(15)5-14(3)6-12-4-10(13)8-17-12/h4,8-9,11,15H,5-7H2,1-3H3/t11-/m1/s1. The first-order valence-electron chi connectivity index (χ1n) is 5.68. The number of likely N-dealkylation sites (N-methyl/N-ethyl adjacent to an activating group) is 1. The minimum Gasteiger partial charge on any atom is -0.389 e. The Morgan fingerprint density at radius 2 is 2.24 bits per heavy atom. The number of rotatable bonds is 7. The Bertz CT molecular complexity index is 330. The quantitative estimate of drug-likeness (QED) is 0.838. The number of aliphatic hydroxyl groups is 1. The molecule has 98 valence electrons. The Labute approximate surface area is 116 Å². The molecule has 1 aromatic rings. The van der Waals surface area contributed by atoms with Gasteiger partial charge in [-0.25, -0.2) is 0 Å². The SMILES string of the molecule is CC(C)OC[C@H](O)CN(C)Cc1cc(Br)cs1. The van der Waals surface area contributed by atoms with E-state index in [1.807, 2.05) is 20.9 Å². The molecular weight excluding hydrogens is 302 g/mol. The molecule has 17 heavy (non-hydrogen) atoms. The van der Waals surface area contributed by atoms with Crippen molar-refractivity contribution < 1.29 is 9.84 Å². The van der Waals surface area contributed by atoms with Gasteiger partial charge in [0.05, 0.1) is 18.8 Å². The van der Waals surface area contributed by atoms with Crippen molar-refractivity contribution in [3.63, 3.8) is 0 Å². The van der Waals surface area contributed by atoms with Gasteiger partial charge in [0.15, 0.2) is 0 Å². The zero-order valence-electron chi connectivity index (χ0n) is 10.5. The molecule has 0 unspecified atom stereocenters. The molecule has 1 heterocycles. The first-order valence-corrected chi connectivity index (χ1v) is 7.35. The van der Waals surface area contributed by atoms with Crippen LogP contribution in [0.25, 0.3) is 0 Å². The van der Waals surface area contributed by atoms with Gasteiger partial charge in [0.2, 0.25) is 0 Å². The number of halogens is 1. The molecule has 0 saturated carbocycles. The topological polar surface area (TPSA) is 32.7 Å². The van der Waals surface area contributed by atoms with E-state index in [9.17, 15) is 5.11 Å². The maximum atomic E-state index is 9.78. The third-order valence-electron chi connectivity index (χ3n) is 2.19. The lowest BCUT2D eigenvalue weighted by Crippen LogP contribution is -2.32. The van der Waals surface area contributed by atoms with Gasteiger partial charge in [-0.05, 0) is 42.9 Å². The van der Waals surface area contributed by atoms with Crippen LogP contribution in [0.15, 0.2) is 15.9 Å². The van der Waals surface area contributed by atoms with E-state index in [0.717, 1.165) is 11.0 Å². The summed E-state index contributed by atoms with van der Waals surface area (Å²) in [5.41, 5.74) is 0. The zero-order chi connectivity index (χ0) is 12.8. The molecule has 0 amide bonds. The van der Waals surface area contributed by atoms with Crippen LogP contribution in [0.5, 0.6) is 0 Å². The predicted molar refractivity (Wildman–Crippen MR) is 75.4 cm³/mol. The Morgan fingerprint density at radius 1 is 1.53 bits per heavy atom. The van der Waals surface area contributed by atoms with Gasteiger partial charge in [0.25, 0.3) is 0 Å². The van der Waals surface area contributed by atoms with E-state index < -0.39 is 6.10 Å². The second-order valence-electron chi connectivity index (χ2n) is 4.46. The van der Waals surface area contributed by atoms with Crippen LogP contribution in [-0.2, 0) is 11.3 Å². The average Bonchev–Trinajstić information content (AvgIpc) is 2.60. The Hall–Kier alpha value is 0.0600. The van der Waals surface area contributed by atoms with Gasteiger partial charge in [0.1, 0.15) is 0 Å². The maximum absolute atomic E-state index is 9.78. The summed E-state index contributed by atoms with van der Waals surface area (Å²) in [6, 6.07) is 2.11. The average molecular weight is 322 g/mol. The summed E-state index contributed by atoms with van der Waals surface area (Å²) in [6.07, 6.45) is -0.256. The van der Waals surface area contributed by atoms with E-state index in [-0.39, 0.29) is 6.10 Å². The fraction of sp³-hybridized carbons (Fsp3) is 0.667. The Balaban J connectivity index is 2.26. The van der Waals surface area contributed by atoms with Crippen molar-refractivity contribution in [1.29, 1.82) is 0 Å². The van der Waals surface area contributed by atoms with E-state index >= 15 is 0 Å². The summed E-state index contributed by atoms with van der Waals surface area (Å²) in [6.45, 7) is 5.83. The summed E-state index contributed by atoms with van der Waals surface area (Å²) in [4.78, 5) is 3.39. The number of thiophene rings is 1. The van der Waals surface area contributed by atoms with Crippen LogP contribution in [0.2, 0.25) is 0 Å². The summed E-state index contributed by atoms with van der Waals surface area (Å²) in [5, 5.41) is 11.9. The highest BCUT2D eigenvalue weighted by atomic mass is 79.9. The molecular formula is C12H20BrNO2S. The number of aliphatic hydroxyl groups excluding tert-OH is 1. The molecule has 0 bridgehead atoms. The van der Waals surface area contributed by atoms with Crippen molar-refractivity contribution in [2.24, 2.45) is 0 Å². The lowest BCUT2D eigenvalue weighted by atomic mass is 10.3. The number of hydrogen-bond acceptors (Lipinski definition) is 4. The van der Waals surface area contributed by atoms with Gasteiger partial charge >= 0.3 is 0 Å². The highest BCUT2D eigenvalue weighted by Gasteiger charge is 2.10. The molecule has 0 spiro atoms. The molecule has 1 aromatic heterocycles. The van der Waals surface area contributed by atoms with Crippen LogP contribution in [0, 0.1) is 0 Å². The molecule has 1 rings (SSSR count). The number of ether oxygens (including phenoxy) is 1. The normalized spacial score (nSPS) is 13.6. The van der Waals surface area contributed by atoms with E-state index in [1.165, 1.54) is 4.88 Å². The van der Waals surface area contributed by atoms with Crippen LogP contribution in [0.1, 0.15) is 18.7 Å². The van der Waals surface area contributed by atoms with Crippen LogP contribution in [0.4, 0.5) is 0 Å². The fourth-order valence-corrected chi connectivity index (χ4v) is 3.01. The molecule has 0 saturated heterocycles. The van der Waals surface area contributed by atoms with Crippen LogP contribution in [-0.4, -0.2) is 42.4 Å². The van der Waals surface area contributed by atoms with Crippen molar-refractivity contribution in [2.45, 2.75) is 32.6 Å². The van der Waals surface area contributed by atoms with E-state index in [4.69, 9.17) is 4.74 Å². The van der Waals surface area contributed by atoms with Crippen LogP contribution >= 0.6 is 27.3 Å².